The summed E-state index contributed by atoms with van der Waals surface area (Å²) < 4.78 is 40.4. The SMILES string of the molecule is Cc1ccc(-c2cc(C(F)(F)F)nn2-c2ccc(N)cc2)cc1. The number of halogens is 3. The fourth-order valence-electron chi connectivity index (χ4n) is 2.26. The van der Waals surface area contributed by atoms with Gasteiger partial charge in [0.2, 0.25) is 0 Å². The highest BCUT2D eigenvalue weighted by Gasteiger charge is 2.35. The maximum Gasteiger partial charge on any atom is 0.435 e. The molecule has 0 spiro atoms. The second kappa shape index (κ2) is 5.46. The number of aryl methyl sites for hydroxylation is 1. The molecule has 0 amide bonds. The van der Waals surface area contributed by atoms with Gasteiger partial charge in [-0.3, -0.25) is 0 Å². The Labute approximate surface area is 131 Å². The van der Waals surface area contributed by atoms with E-state index in [1.165, 1.54) is 4.68 Å². The summed E-state index contributed by atoms with van der Waals surface area (Å²) in [5, 5.41) is 3.73. The molecular weight excluding hydrogens is 303 g/mol. The van der Waals surface area contributed by atoms with Crippen LogP contribution >= 0.6 is 0 Å². The van der Waals surface area contributed by atoms with Crippen molar-refractivity contribution in [2.45, 2.75) is 13.1 Å². The Morgan fingerprint density at radius 3 is 2.13 bits per heavy atom. The van der Waals surface area contributed by atoms with Gasteiger partial charge in [0.1, 0.15) is 0 Å². The first-order valence-corrected chi connectivity index (χ1v) is 6.95. The van der Waals surface area contributed by atoms with Crippen LogP contribution in [0.4, 0.5) is 18.9 Å². The summed E-state index contributed by atoms with van der Waals surface area (Å²) in [6.07, 6.45) is -4.50. The molecule has 0 saturated heterocycles. The van der Waals surface area contributed by atoms with Crippen LogP contribution in [0.15, 0.2) is 54.6 Å². The van der Waals surface area contributed by atoms with Crippen LogP contribution in [0.2, 0.25) is 0 Å². The number of hydrogen-bond donors (Lipinski definition) is 1. The van der Waals surface area contributed by atoms with Gasteiger partial charge in [0.25, 0.3) is 0 Å². The molecule has 0 saturated carbocycles. The molecule has 3 nitrogen and oxygen atoms in total. The molecule has 2 aromatic carbocycles. The molecule has 0 fully saturated rings. The second-order valence-corrected chi connectivity index (χ2v) is 5.28. The van der Waals surface area contributed by atoms with Crippen molar-refractivity contribution in [1.29, 1.82) is 0 Å². The average molecular weight is 317 g/mol. The molecule has 0 unspecified atom stereocenters. The number of benzene rings is 2. The predicted octanol–water partition coefficient (Wildman–Crippen LogP) is 4.45. The van der Waals surface area contributed by atoms with E-state index in [1.54, 1.807) is 36.4 Å². The molecule has 6 heteroatoms. The maximum atomic E-state index is 13.0. The minimum atomic E-state index is -4.50. The summed E-state index contributed by atoms with van der Waals surface area (Å²) in [7, 11) is 0. The third-order valence-electron chi connectivity index (χ3n) is 3.48. The average Bonchev–Trinajstić information content (AvgIpc) is 2.94. The fraction of sp³-hybridized carbons (Fsp3) is 0.118. The standard InChI is InChI=1S/C17H14F3N3/c1-11-2-4-12(5-3-11)15-10-16(17(18,19)20)22-23(15)14-8-6-13(21)7-9-14/h2-10H,21H2,1H3. The molecular formula is C17H14F3N3. The second-order valence-electron chi connectivity index (χ2n) is 5.28. The normalized spacial score (nSPS) is 11.7. The van der Waals surface area contributed by atoms with Gasteiger partial charge in [-0.2, -0.15) is 18.3 Å². The number of nitrogens with zero attached hydrogens (tertiary/aromatic N) is 2. The molecule has 0 aliphatic heterocycles. The van der Waals surface area contributed by atoms with Gasteiger partial charge < -0.3 is 5.73 Å². The highest BCUT2D eigenvalue weighted by atomic mass is 19.4. The summed E-state index contributed by atoms with van der Waals surface area (Å²) in [6, 6.07) is 14.8. The number of alkyl halides is 3. The Balaban J connectivity index is 2.18. The highest BCUT2D eigenvalue weighted by Crippen LogP contribution is 2.33. The van der Waals surface area contributed by atoms with E-state index < -0.39 is 11.9 Å². The molecule has 0 aliphatic carbocycles. The van der Waals surface area contributed by atoms with Crippen molar-refractivity contribution in [3.63, 3.8) is 0 Å². The van der Waals surface area contributed by atoms with Gasteiger partial charge in [0, 0.05) is 11.3 Å². The third-order valence-corrected chi connectivity index (χ3v) is 3.48. The number of anilines is 1. The Morgan fingerprint density at radius 2 is 1.57 bits per heavy atom. The Bertz CT molecular complexity index is 753. The quantitative estimate of drug-likeness (QED) is 0.710. The lowest BCUT2D eigenvalue weighted by Gasteiger charge is -2.08. The van der Waals surface area contributed by atoms with Crippen molar-refractivity contribution in [3.05, 3.63) is 65.9 Å². The van der Waals surface area contributed by atoms with E-state index in [4.69, 9.17) is 5.73 Å². The van der Waals surface area contributed by atoms with Gasteiger partial charge in [-0.05, 0) is 37.3 Å². The molecule has 0 bridgehead atoms. The van der Waals surface area contributed by atoms with Gasteiger partial charge in [-0.15, -0.1) is 0 Å². The lowest BCUT2D eigenvalue weighted by Crippen LogP contribution is -2.07. The first kappa shape index (κ1) is 15.1. The molecule has 0 atom stereocenters. The van der Waals surface area contributed by atoms with Crippen molar-refractivity contribution in [3.8, 4) is 16.9 Å². The lowest BCUT2D eigenvalue weighted by molar-refractivity contribution is -0.141. The van der Waals surface area contributed by atoms with E-state index in [2.05, 4.69) is 5.10 Å². The van der Waals surface area contributed by atoms with Crippen LogP contribution in [0, 0.1) is 6.92 Å². The van der Waals surface area contributed by atoms with E-state index in [0.29, 0.717) is 22.6 Å². The van der Waals surface area contributed by atoms with Crippen LogP contribution in [-0.2, 0) is 6.18 Å². The summed E-state index contributed by atoms with van der Waals surface area (Å²) >= 11 is 0. The van der Waals surface area contributed by atoms with Crippen LogP contribution < -0.4 is 5.73 Å². The summed E-state index contributed by atoms with van der Waals surface area (Å²) in [4.78, 5) is 0. The molecule has 3 rings (SSSR count). The van der Waals surface area contributed by atoms with Gasteiger partial charge in [-0.1, -0.05) is 29.8 Å². The molecule has 3 aromatic rings. The number of aromatic nitrogens is 2. The third kappa shape index (κ3) is 3.06. The van der Waals surface area contributed by atoms with Crippen molar-refractivity contribution < 1.29 is 13.2 Å². The first-order valence-electron chi connectivity index (χ1n) is 6.95. The van der Waals surface area contributed by atoms with E-state index in [-0.39, 0.29) is 0 Å². The zero-order valence-corrected chi connectivity index (χ0v) is 12.3. The van der Waals surface area contributed by atoms with Crippen LogP contribution in [0.3, 0.4) is 0 Å². The number of nitrogen functional groups attached to an aromatic ring is 1. The number of nitrogens with two attached hydrogens (primary N) is 1. The van der Waals surface area contributed by atoms with Gasteiger partial charge in [0.05, 0.1) is 11.4 Å². The summed E-state index contributed by atoms with van der Waals surface area (Å²) in [5.41, 5.74) is 7.83. The van der Waals surface area contributed by atoms with Gasteiger partial charge in [-0.25, -0.2) is 4.68 Å². The van der Waals surface area contributed by atoms with E-state index in [9.17, 15) is 13.2 Å². The highest BCUT2D eigenvalue weighted by molar-refractivity contribution is 5.63. The van der Waals surface area contributed by atoms with E-state index in [1.807, 2.05) is 19.1 Å². The summed E-state index contributed by atoms with van der Waals surface area (Å²) in [5.74, 6) is 0. The molecule has 1 heterocycles. The van der Waals surface area contributed by atoms with Crippen molar-refractivity contribution in [2.24, 2.45) is 0 Å². The van der Waals surface area contributed by atoms with Gasteiger partial charge >= 0.3 is 6.18 Å². The lowest BCUT2D eigenvalue weighted by atomic mass is 10.1. The van der Waals surface area contributed by atoms with Crippen molar-refractivity contribution >= 4 is 5.69 Å². The predicted molar refractivity (Wildman–Crippen MR) is 83.2 cm³/mol. The van der Waals surface area contributed by atoms with Crippen LogP contribution in [0.25, 0.3) is 16.9 Å². The number of hydrogen-bond acceptors (Lipinski definition) is 2. The van der Waals surface area contributed by atoms with Gasteiger partial charge in [0.15, 0.2) is 5.69 Å². The monoisotopic (exact) mass is 317 g/mol. The minimum absolute atomic E-state index is 0.377. The Morgan fingerprint density at radius 1 is 0.957 bits per heavy atom. The fourth-order valence-corrected chi connectivity index (χ4v) is 2.26. The largest absolute Gasteiger partial charge is 0.435 e. The molecule has 1 aromatic heterocycles. The molecule has 2 N–H and O–H groups in total. The Kier molecular flexibility index (Phi) is 3.60. The first-order chi connectivity index (χ1) is 10.8. The number of rotatable bonds is 2. The minimum Gasteiger partial charge on any atom is -0.399 e. The zero-order chi connectivity index (χ0) is 16.6. The zero-order valence-electron chi connectivity index (χ0n) is 12.3. The van der Waals surface area contributed by atoms with Crippen LogP contribution in [-0.4, -0.2) is 9.78 Å². The Hall–Kier alpha value is -2.76. The topological polar surface area (TPSA) is 43.8 Å². The molecule has 23 heavy (non-hydrogen) atoms. The molecule has 118 valence electrons. The molecule has 0 radical (unpaired) electrons. The van der Waals surface area contributed by atoms with Crippen molar-refractivity contribution in [2.75, 3.05) is 5.73 Å². The molecule has 0 aliphatic rings. The van der Waals surface area contributed by atoms with E-state index >= 15 is 0 Å². The summed E-state index contributed by atoms with van der Waals surface area (Å²) in [6.45, 7) is 1.92. The van der Waals surface area contributed by atoms with Crippen LogP contribution in [0.5, 0.6) is 0 Å². The maximum absolute atomic E-state index is 13.0. The van der Waals surface area contributed by atoms with Crippen molar-refractivity contribution in [1.82, 2.24) is 9.78 Å². The van der Waals surface area contributed by atoms with Crippen LogP contribution in [0.1, 0.15) is 11.3 Å². The smallest absolute Gasteiger partial charge is 0.399 e. The van der Waals surface area contributed by atoms with E-state index in [0.717, 1.165) is 11.6 Å².